The van der Waals surface area contributed by atoms with Crippen molar-refractivity contribution in [2.45, 2.75) is 26.2 Å². The van der Waals surface area contributed by atoms with Crippen LogP contribution in [0.4, 0.5) is 0 Å². The lowest BCUT2D eigenvalue weighted by Gasteiger charge is -2.31. The number of hydrogen-bond acceptors (Lipinski definition) is 3. The molecule has 1 atom stereocenters. The summed E-state index contributed by atoms with van der Waals surface area (Å²) in [6.07, 6.45) is 2.76. The van der Waals surface area contributed by atoms with E-state index in [0.29, 0.717) is 32.1 Å². The van der Waals surface area contributed by atoms with Crippen LogP contribution in [0.1, 0.15) is 26.2 Å². The van der Waals surface area contributed by atoms with Gasteiger partial charge in [-0.2, -0.15) is 12.7 Å². The van der Waals surface area contributed by atoms with Crippen molar-refractivity contribution in [3.8, 4) is 0 Å². The van der Waals surface area contributed by atoms with E-state index in [0.717, 1.165) is 19.3 Å². The number of piperidine rings is 1. The standard InChI is InChI=1S/C9H21N3O2S/c1-2-5-11-15(13,14)12-6-3-4-9(7-10)8-12/h9,11H,2-8,10H2,1H3. The van der Waals surface area contributed by atoms with Gasteiger partial charge in [0.05, 0.1) is 0 Å². The van der Waals surface area contributed by atoms with Gasteiger partial charge in [-0.15, -0.1) is 0 Å². The topological polar surface area (TPSA) is 75.4 Å². The quantitative estimate of drug-likeness (QED) is 0.699. The van der Waals surface area contributed by atoms with Crippen LogP contribution in [0.3, 0.4) is 0 Å². The zero-order valence-corrected chi connectivity index (χ0v) is 10.1. The molecule has 90 valence electrons. The van der Waals surface area contributed by atoms with Gasteiger partial charge in [0.2, 0.25) is 0 Å². The molecule has 1 aliphatic heterocycles. The van der Waals surface area contributed by atoms with E-state index in [1.807, 2.05) is 6.92 Å². The molecule has 0 aromatic heterocycles. The van der Waals surface area contributed by atoms with Crippen LogP contribution in [0.15, 0.2) is 0 Å². The molecule has 0 saturated carbocycles. The first-order chi connectivity index (χ1) is 7.10. The van der Waals surface area contributed by atoms with Crippen LogP contribution in [0.2, 0.25) is 0 Å². The maximum Gasteiger partial charge on any atom is 0.279 e. The molecule has 1 heterocycles. The second-order valence-corrected chi connectivity index (χ2v) is 5.76. The minimum atomic E-state index is -3.26. The first kappa shape index (κ1) is 12.9. The van der Waals surface area contributed by atoms with Crippen LogP contribution in [-0.2, 0) is 10.2 Å². The number of nitrogens with one attached hydrogen (secondary N) is 1. The smallest absolute Gasteiger partial charge is 0.279 e. The van der Waals surface area contributed by atoms with Crippen LogP contribution in [0.5, 0.6) is 0 Å². The van der Waals surface area contributed by atoms with E-state index in [2.05, 4.69) is 4.72 Å². The molecule has 3 N–H and O–H groups in total. The lowest BCUT2D eigenvalue weighted by atomic mass is 10.0. The molecule has 0 aromatic carbocycles. The number of hydrogen-bond donors (Lipinski definition) is 2. The van der Waals surface area contributed by atoms with E-state index in [1.165, 1.54) is 4.31 Å². The van der Waals surface area contributed by atoms with Gasteiger partial charge in [0.25, 0.3) is 10.2 Å². The second-order valence-electron chi connectivity index (χ2n) is 4.00. The molecule has 1 unspecified atom stereocenters. The van der Waals surface area contributed by atoms with Crippen LogP contribution in [0.25, 0.3) is 0 Å². The Morgan fingerprint density at radius 3 is 2.87 bits per heavy atom. The highest BCUT2D eigenvalue weighted by atomic mass is 32.2. The van der Waals surface area contributed by atoms with Crippen molar-refractivity contribution in [1.82, 2.24) is 9.03 Å². The van der Waals surface area contributed by atoms with Crippen molar-refractivity contribution in [2.75, 3.05) is 26.2 Å². The van der Waals surface area contributed by atoms with Gasteiger partial charge in [-0.05, 0) is 31.7 Å². The van der Waals surface area contributed by atoms with E-state index >= 15 is 0 Å². The monoisotopic (exact) mass is 235 g/mol. The normalized spacial score (nSPS) is 24.3. The Balaban J connectivity index is 2.54. The first-order valence-electron chi connectivity index (χ1n) is 5.55. The summed E-state index contributed by atoms with van der Waals surface area (Å²) in [4.78, 5) is 0. The van der Waals surface area contributed by atoms with Crippen LogP contribution < -0.4 is 10.5 Å². The Hall–Kier alpha value is -0.170. The summed E-state index contributed by atoms with van der Waals surface area (Å²) in [5, 5.41) is 0. The molecule has 0 aromatic rings. The van der Waals surface area contributed by atoms with Crippen molar-refractivity contribution in [3.05, 3.63) is 0 Å². The third-order valence-electron chi connectivity index (χ3n) is 2.69. The minimum absolute atomic E-state index is 0.317. The zero-order valence-electron chi connectivity index (χ0n) is 9.28. The van der Waals surface area contributed by atoms with Gasteiger partial charge in [-0.25, -0.2) is 4.72 Å². The minimum Gasteiger partial charge on any atom is -0.330 e. The van der Waals surface area contributed by atoms with Gasteiger partial charge in [-0.1, -0.05) is 6.92 Å². The summed E-state index contributed by atoms with van der Waals surface area (Å²) in [7, 11) is -3.26. The SMILES string of the molecule is CCCNS(=O)(=O)N1CCCC(CN)C1. The highest BCUT2D eigenvalue weighted by Crippen LogP contribution is 2.17. The maximum absolute atomic E-state index is 11.8. The number of nitrogens with two attached hydrogens (primary N) is 1. The van der Waals surface area contributed by atoms with Gasteiger partial charge in [0, 0.05) is 19.6 Å². The molecule has 0 bridgehead atoms. The fraction of sp³-hybridized carbons (Fsp3) is 1.00. The summed E-state index contributed by atoms with van der Waals surface area (Å²) in [5.74, 6) is 0.317. The summed E-state index contributed by atoms with van der Waals surface area (Å²) < 4.78 is 27.7. The molecule has 15 heavy (non-hydrogen) atoms. The molecule has 1 fully saturated rings. The molecule has 0 aliphatic carbocycles. The molecular weight excluding hydrogens is 214 g/mol. The molecule has 0 amide bonds. The largest absolute Gasteiger partial charge is 0.330 e. The Morgan fingerprint density at radius 2 is 2.27 bits per heavy atom. The fourth-order valence-electron chi connectivity index (χ4n) is 1.76. The van der Waals surface area contributed by atoms with Crippen LogP contribution in [-0.4, -0.2) is 38.9 Å². The van der Waals surface area contributed by atoms with Gasteiger partial charge >= 0.3 is 0 Å². The predicted molar refractivity (Wildman–Crippen MR) is 60.6 cm³/mol. The molecular formula is C9H21N3O2S. The van der Waals surface area contributed by atoms with Gasteiger partial charge in [0.1, 0.15) is 0 Å². The average Bonchev–Trinajstić information content (AvgIpc) is 2.26. The summed E-state index contributed by atoms with van der Waals surface area (Å²) >= 11 is 0. The Kier molecular flexibility index (Phi) is 4.98. The van der Waals surface area contributed by atoms with Gasteiger partial charge in [-0.3, -0.25) is 0 Å². The summed E-state index contributed by atoms with van der Waals surface area (Å²) in [6, 6.07) is 0. The average molecular weight is 235 g/mol. The van der Waals surface area contributed by atoms with Crippen molar-refractivity contribution < 1.29 is 8.42 Å². The second kappa shape index (κ2) is 5.79. The molecule has 5 nitrogen and oxygen atoms in total. The molecule has 1 aliphatic rings. The van der Waals surface area contributed by atoms with E-state index in [-0.39, 0.29) is 0 Å². The van der Waals surface area contributed by atoms with E-state index < -0.39 is 10.2 Å². The first-order valence-corrected chi connectivity index (χ1v) is 6.99. The zero-order chi connectivity index (χ0) is 11.3. The van der Waals surface area contributed by atoms with Crippen molar-refractivity contribution >= 4 is 10.2 Å². The van der Waals surface area contributed by atoms with Gasteiger partial charge in [0.15, 0.2) is 0 Å². The fourth-order valence-corrected chi connectivity index (χ4v) is 3.18. The van der Waals surface area contributed by atoms with E-state index in [9.17, 15) is 8.42 Å². The van der Waals surface area contributed by atoms with Gasteiger partial charge < -0.3 is 5.73 Å². The molecule has 1 saturated heterocycles. The van der Waals surface area contributed by atoms with Crippen molar-refractivity contribution in [1.29, 1.82) is 0 Å². The lowest BCUT2D eigenvalue weighted by Crippen LogP contribution is -2.47. The van der Waals surface area contributed by atoms with E-state index in [4.69, 9.17) is 5.73 Å². The Bertz CT molecular complexity index is 279. The summed E-state index contributed by atoms with van der Waals surface area (Å²) in [5.41, 5.74) is 5.57. The Morgan fingerprint density at radius 1 is 1.53 bits per heavy atom. The Labute approximate surface area is 92.2 Å². The lowest BCUT2D eigenvalue weighted by molar-refractivity contribution is 0.269. The van der Waals surface area contributed by atoms with E-state index in [1.54, 1.807) is 0 Å². The molecule has 0 radical (unpaired) electrons. The predicted octanol–water partition coefficient (Wildman–Crippen LogP) is -0.0985. The third kappa shape index (κ3) is 3.71. The highest BCUT2D eigenvalue weighted by molar-refractivity contribution is 7.87. The number of rotatable bonds is 5. The molecule has 1 rings (SSSR count). The molecule has 6 heteroatoms. The van der Waals surface area contributed by atoms with Crippen molar-refractivity contribution in [2.24, 2.45) is 11.7 Å². The highest BCUT2D eigenvalue weighted by Gasteiger charge is 2.27. The van der Waals surface area contributed by atoms with Crippen LogP contribution in [0, 0.1) is 5.92 Å². The third-order valence-corrected chi connectivity index (χ3v) is 4.27. The summed E-state index contributed by atoms with van der Waals surface area (Å²) in [6.45, 7) is 4.21. The maximum atomic E-state index is 11.8. The van der Waals surface area contributed by atoms with Crippen LogP contribution >= 0.6 is 0 Å². The van der Waals surface area contributed by atoms with Crippen molar-refractivity contribution in [3.63, 3.8) is 0 Å². The molecule has 0 spiro atoms. The number of nitrogens with zero attached hydrogens (tertiary/aromatic N) is 1.